The molecular weight excluding hydrogens is 445 g/mol. The third kappa shape index (κ3) is 5.36. The number of H-pyrrole nitrogens is 2. The Morgan fingerprint density at radius 1 is 1.16 bits per heavy atom. The van der Waals surface area contributed by atoms with Gasteiger partial charge < -0.3 is 10.6 Å². The Hall–Kier alpha value is -3.58. The number of thiazole rings is 1. The molecule has 166 valence electrons. The molecule has 13 heteroatoms. The Kier molecular flexibility index (Phi) is 6.01. The number of aromatic amines is 2. The molecule has 0 saturated carbocycles. The Morgan fingerprint density at radius 2 is 2.00 bits per heavy atom. The molecule has 4 aromatic rings. The molecule has 1 aromatic carbocycles. The first kappa shape index (κ1) is 21.6. The van der Waals surface area contributed by atoms with Crippen LogP contribution in [0.3, 0.4) is 0 Å². The number of nitrogens with one attached hydrogen (secondary N) is 4. The minimum Gasteiger partial charge on any atom is -0.324 e. The number of hydrogen-bond donors (Lipinski definition) is 4. The van der Waals surface area contributed by atoms with E-state index in [0.29, 0.717) is 24.6 Å². The summed E-state index contributed by atoms with van der Waals surface area (Å²) >= 11 is 1.47. The molecule has 0 radical (unpaired) electrons. The van der Waals surface area contributed by atoms with Gasteiger partial charge in [0.25, 0.3) is 0 Å². The first-order valence-corrected chi connectivity index (χ1v) is 10.2. The highest BCUT2D eigenvalue weighted by atomic mass is 32.1. The molecule has 0 spiro atoms. The van der Waals surface area contributed by atoms with Crippen LogP contribution >= 0.6 is 11.3 Å². The van der Waals surface area contributed by atoms with Crippen molar-refractivity contribution < 1.29 is 13.2 Å². The third-order valence-corrected chi connectivity index (χ3v) is 5.28. The Labute approximate surface area is 183 Å². The van der Waals surface area contributed by atoms with Gasteiger partial charge in [0.1, 0.15) is 16.5 Å². The molecule has 3 heterocycles. The van der Waals surface area contributed by atoms with Crippen LogP contribution in [-0.2, 0) is 19.3 Å². The van der Waals surface area contributed by atoms with Crippen LogP contribution in [0.15, 0.2) is 41.5 Å². The number of hydrogen-bond acceptors (Lipinski definition) is 8. The summed E-state index contributed by atoms with van der Waals surface area (Å²) in [6, 6.07) is 6.37. The fraction of sp³-hybridized carbons (Fsp3) is 0.211. The first-order chi connectivity index (χ1) is 15.3. The highest BCUT2D eigenvalue weighted by molar-refractivity contribution is 7.15. The molecule has 0 aliphatic rings. The van der Waals surface area contributed by atoms with Crippen LogP contribution in [-0.4, -0.2) is 30.1 Å². The largest absolute Gasteiger partial charge is 0.433 e. The number of benzene rings is 1. The summed E-state index contributed by atoms with van der Waals surface area (Å²) in [4.78, 5) is 26.3. The lowest BCUT2D eigenvalue weighted by molar-refractivity contribution is -0.141. The molecule has 32 heavy (non-hydrogen) atoms. The molecule has 4 rings (SSSR count). The van der Waals surface area contributed by atoms with E-state index < -0.39 is 11.9 Å². The SMILES string of the molecule is Cc1cc(Nc2nccc(C(F)(F)F)n2)cc(-c2cnc(CNCc3n[nH]c(=O)[nH]3)s2)c1. The van der Waals surface area contributed by atoms with Gasteiger partial charge in [0.15, 0.2) is 0 Å². The van der Waals surface area contributed by atoms with Crippen LogP contribution in [0.5, 0.6) is 0 Å². The lowest BCUT2D eigenvalue weighted by Gasteiger charge is -2.10. The van der Waals surface area contributed by atoms with E-state index in [1.807, 2.05) is 13.0 Å². The average Bonchev–Trinajstić information content (AvgIpc) is 3.36. The molecule has 9 nitrogen and oxygen atoms in total. The third-order valence-electron chi connectivity index (χ3n) is 4.24. The van der Waals surface area contributed by atoms with Crippen molar-refractivity contribution in [3.8, 4) is 10.4 Å². The summed E-state index contributed by atoms with van der Waals surface area (Å²) in [5, 5.41) is 12.9. The maximum absolute atomic E-state index is 12.9. The molecule has 0 bridgehead atoms. The van der Waals surface area contributed by atoms with Crippen LogP contribution in [0.4, 0.5) is 24.8 Å². The maximum Gasteiger partial charge on any atom is 0.433 e. The molecule has 4 N–H and O–H groups in total. The molecular formula is C19H17F3N8OS. The zero-order valence-electron chi connectivity index (χ0n) is 16.6. The van der Waals surface area contributed by atoms with Crippen LogP contribution in [0.1, 0.15) is 22.1 Å². The summed E-state index contributed by atoms with van der Waals surface area (Å²) in [5.41, 5.74) is 0.960. The number of halogens is 3. The topological polar surface area (TPSA) is 124 Å². The predicted octanol–water partition coefficient (Wildman–Crippen LogP) is 3.37. The number of alkyl halides is 3. The van der Waals surface area contributed by atoms with Crippen LogP contribution in [0, 0.1) is 6.92 Å². The molecule has 0 aliphatic carbocycles. The van der Waals surface area contributed by atoms with Crippen molar-refractivity contribution in [1.82, 2.24) is 35.5 Å². The maximum atomic E-state index is 12.9. The predicted molar refractivity (Wildman–Crippen MR) is 112 cm³/mol. The Balaban J connectivity index is 1.46. The smallest absolute Gasteiger partial charge is 0.324 e. The van der Waals surface area contributed by atoms with Gasteiger partial charge in [0.05, 0.1) is 11.4 Å². The molecule has 0 saturated heterocycles. The van der Waals surface area contributed by atoms with Gasteiger partial charge in [0.2, 0.25) is 5.95 Å². The van der Waals surface area contributed by atoms with Gasteiger partial charge in [-0.1, -0.05) is 6.07 Å². The lowest BCUT2D eigenvalue weighted by atomic mass is 10.1. The molecule has 0 amide bonds. The van der Waals surface area contributed by atoms with Gasteiger partial charge in [-0.15, -0.1) is 11.3 Å². The first-order valence-electron chi connectivity index (χ1n) is 9.34. The second kappa shape index (κ2) is 8.88. The van der Waals surface area contributed by atoms with Gasteiger partial charge in [-0.3, -0.25) is 4.98 Å². The molecule has 0 aliphatic heterocycles. The minimum atomic E-state index is -4.54. The van der Waals surface area contributed by atoms with Crippen molar-refractivity contribution >= 4 is 23.0 Å². The summed E-state index contributed by atoms with van der Waals surface area (Å²) in [7, 11) is 0. The van der Waals surface area contributed by atoms with Gasteiger partial charge in [-0.05, 0) is 36.2 Å². The van der Waals surface area contributed by atoms with Crippen molar-refractivity contribution in [1.29, 1.82) is 0 Å². The fourth-order valence-electron chi connectivity index (χ4n) is 2.91. The van der Waals surface area contributed by atoms with E-state index in [-0.39, 0.29) is 11.6 Å². The molecule has 0 atom stereocenters. The molecule has 0 unspecified atom stereocenters. The zero-order chi connectivity index (χ0) is 22.7. The van der Waals surface area contributed by atoms with Gasteiger partial charge in [-0.25, -0.2) is 24.8 Å². The summed E-state index contributed by atoms with van der Waals surface area (Å²) in [6.45, 7) is 2.74. The van der Waals surface area contributed by atoms with E-state index in [1.165, 1.54) is 11.3 Å². The number of aromatic nitrogens is 6. The van der Waals surface area contributed by atoms with E-state index in [9.17, 15) is 18.0 Å². The van der Waals surface area contributed by atoms with Gasteiger partial charge in [0, 0.05) is 24.6 Å². The van der Waals surface area contributed by atoms with E-state index in [2.05, 4.69) is 40.8 Å². The zero-order valence-corrected chi connectivity index (χ0v) is 17.4. The number of rotatable bonds is 7. The van der Waals surface area contributed by atoms with Gasteiger partial charge in [-0.2, -0.15) is 18.3 Å². The highest BCUT2D eigenvalue weighted by Crippen LogP contribution is 2.31. The van der Waals surface area contributed by atoms with E-state index in [0.717, 1.165) is 33.3 Å². The average molecular weight is 462 g/mol. The summed E-state index contributed by atoms with van der Waals surface area (Å²) in [6.07, 6.45) is -1.75. The summed E-state index contributed by atoms with van der Waals surface area (Å²) in [5.74, 6) is 0.361. The standard InChI is InChI=1S/C19H17F3N8OS/c1-10-4-11(6-12(5-10)26-17-24-3-2-14(27-17)19(20,21)22)13-7-25-16(32-13)9-23-8-15-28-18(31)30-29-15/h2-7,23H,8-9H2,1H3,(H,24,26,27)(H2,28,29,30,31). The van der Waals surface area contributed by atoms with Gasteiger partial charge >= 0.3 is 11.9 Å². The number of anilines is 2. The quantitative estimate of drug-likeness (QED) is 0.332. The monoisotopic (exact) mass is 462 g/mol. The Bertz CT molecular complexity index is 1280. The Morgan fingerprint density at radius 3 is 2.75 bits per heavy atom. The van der Waals surface area contributed by atoms with Crippen molar-refractivity contribution in [3.63, 3.8) is 0 Å². The van der Waals surface area contributed by atoms with E-state index in [1.54, 1.807) is 18.3 Å². The van der Waals surface area contributed by atoms with Crippen LogP contribution in [0.25, 0.3) is 10.4 Å². The van der Waals surface area contributed by atoms with Crippen molar-refractivity contribution in [2.24, 2.45) is 0 Å². The van der Waals surface area contributed by atoms with Crippen molar-refractivity contribution in [3.05, 3.63) is 69.2 Å². The van der Waals surface area contributed by atoms with E-state index >= 15 is 0 Å². The highest BCUT2D eigenvalue weighted by Gasteiger charge is 2.32. The minimum absolute atomic E-state index is 0.137. The normalized spacial score (nSPS) is 11.6. The lowest BCUT2D eigenvalue weighted by Crippen LogP contribution is -2.14. The molecule has 3 aromatic heterocycles. The van der Waals surface area contributed by atoms with E-state index in [4.69, 9.17) is 0 Å². The fourth-order valence-corrected chi connectivity index (χ4v) is 3.78. The second-order valence-corrected chi connectivity index (χ2v) is 7.94. The second-order valence-electron chi connectivity index (χ2n) is 6.82. The number of nitrogens with zero attached hydrogens (tertiary/aromatic N) is 4. The van der Waals surface area contributed by atoms with Crippen molar-refractivity contribution in [2.45, 2.75) is 26.2 Å². The molecule has 0 fully saturated rings. The number of aryl methyl sites for hydroxylation is 1. The summed E-state index contributed by atoms with van der Waals surface area (Å²) < 4.78 is 38.7. The van der Waals surface area contributed by atoms with Crippen molar-refractivity contribution in [2.75, 3.05) is 5.32 Å². The van der Waals surface area contributed by atoms with Crippen LogP contribution in [0.2, 0.25) is 0 Å². The van der Waals surface area contributed by atoms with Crippen LogP contribution < -0.4 is 16.3 Å².